The highest BCUT2D eigenvalue weighted by Crippen LogP contribution is 2.31. The molecule has 2 fully saturated rings. The molecule has 3 amide bonds. The van der Waals surface area contributed by atoms with Gasteiger partial charge in [-0.2, -0.15) is 0 Å². The normalized spacial score (nSPS) is 28.9. The number of carbonyl (C=O) groups is 3. The van der Waals surface area contributed by atoms with E-state index in [2.05, 4.69) is 17.6 Å². The van der Waals surface area contributed by atoms with Gasteiger partial charge in [0.25, 0.3) is 5.91 Å². The Bertz CT molecular complexity index is 748. The lowest BCUT2D eigenvalue weighted by molar-refractivity contribution is -0.136. The van der Waals surface area contributed by atoms with Gasteiger partial charge in [0.1, 0.15) is 17.9 Å². The molecule has 132 valence electrons. The predicted octanol–water partition coefficient (Wildman–Crippen LogP) is 0.434. The Balaban J connectivity index is 1.51. The molecule has 7 heteroatoms. The molecular formula is C18H21N3O4. The molecule has 0 bridgehead atoms. The van der Waals surface area contributed by atoms with E-state index in [9.17, 15) is 14.4 Å². The fourth-order valence-corrected chi connectivity index (χ4v) is 3.74. The van der Waals surface area contributed by atoms with Crippen LogP contribution in [-0.2, 0) is 16.1 Å². The monoisotopic (exact) mass is 343 g/mol. The van der Waals surface area contributed by atoms with Crippen LogP contribution >= 0.6 is 0 Å². The zero-order valence-electron chi connectivity index (χ0n) is 14.1. The minimum atomic E-state index is -0.582. The van der Waals surface area contributed by atoms with Gasteiger partial charge >= 0.3 is 0 Å². The summed E-state index contributed by atoms with van der Waals surface area (Å²) in [6, 6.07) is 4.90. The maximum atomic E-state index is 12.6. The van der Waals surface area contributed by atoms with Crippen molar-refractivity contribution in [3.63, 3.8) is 0 Å². The number of nitrogens with one attached hydrogen (secondary N) is 2. The summed E-state index contributed by atoms with van der Waals surface area (Å²) in [5, 5.41) is 5.62. The largest absolute Gasteiger partial charge is 0.489 e. The molecule has 0 aliphatic carbocycles. The van der Waals surface area contributed by atoms with Crippen LogP contribution in [-0.4, -0.2) is 47.9 Å². The van der Waals surface area contributed by atoms with Gasteiger partial charge in [0.2, 0.25) is 11.8 Å². The van der Waals surface area contributed by atoms with Crippen molar-refractivity contribution in [2.75, 3.05) is 13.1 Å². The quantitative estimate of drug-likeness (QED) is 0.778. The second-order valence-corrected chi connectivity index (χ2v) is 7.01. The molecule has 0 aromatic heterocycles. The fourth-order valence-electron chi connectivity index (χ4n) is 3.74. The minimum absolute atomic E-state index is 0.126. The molecule has 2 saturated heterocycles. The SMILES string of the molecule is C[C@H]1CNC[C@H]1Oc1ccc2c(c1)CN(C1CCC(=O)NC1=O)C2=O. The van der Waals surface area contributed by atoms with Crippen molar-refractivity contribution >= 4 is 17.7 Å². The fraction of sp³-hybridized carbons (Fsp3) is 0.500. The molecule has 25 heavy (non-hydrogen) atoms. The topological polar surface area (TPSA) is 87.7 Å². The first kappa shape index (κ1) is 16.1. The number of carbonyl (C=O) groups excluding carboxylic acids is 3. The van der Waals surface area contributed by atoms with Crippen LogP contribution in [0.15, 0.2) is 18.2 Å². The molecule has 3 aliphatic heterocycles. The lowest BCUT2D eigenvalue weighted by atomic mass is 10.0. The van der Waals surface area contributed by atoms with Crippen molar-refractivity contribution < 1.29 is 19.1 Å². The number of amides is 3. The minimum Gasteiger partial charge on any atom is -0.489 e. The van der Waals surface area contributed by atoms with E-state index in [4.69, 9.17) is 4.74 Å². The molecule has 2 N–H and O–H groups in total. The second-order valence-electron chi connectivity index (χ2n) is 7.01. The molecule has 4 rings (SSSR count). The first-order valence-corrected chi connectivity index (χ1v) is 8.68. The van der Waals surface area contributed by atoms with Crippen LogP contribution < -0.4 is 15.4 Å². The van der Waals surface area contributed by atoms with Crippen molar-refractivity contribution in [1.82, 2.24) is 15.5 Å². The standard InChI is InChI=1S/C18H21N3O4/c1-10-7-19-8-15(10)25-12-2-3-13-11(6-12)9-21(18(13)24)14-4-5-16(22)20-17(14)23/h2-3,6,10,14-15,19H,4-5,7-9H2,1H3,(H,20,22,23)/t10-,14?,15+/m0/s1. The number of rotatable bonds is 3. The van der Waals surface area contributed by atoms with Crippen LogP contribution in [0.1, 0.15) is 35.7 Å². The zero-order valence-corrected chi connectivity index (χ0v) is 14.1. The van der Waals surface area contributed by atoms with Crippen LogP contribution in [0, 0.1) is 5.92 Å². The Hall–Kier alpha value is -2.41. The Kier molecular flexibility index (Phi) is 3.95. The van der Waals surface area contributed by atoms with E-state index in [1.165, 1.54) is 0 Å². The number of hydrogen-bond donors (Lipinski definition) is 2. The number of hydrogen-bond acceptors (Lipinski definition) is 5. The van der Waals surface area contributed by atoms with Crippen molar-refractivity contribution in [2.24, 2.45) is 5.92 Å². The Morgan fingerprint density at radius 1 is 1.20 bits per heavy atom. The molecule has 0 radical (unpaired) electrons. The van der Waals surface area contributed by atoms with E-state index in [0.717, 1.165) is 24.4 Å². The molecule has 1 aromatic carbocycles. The second kappa shape index (κ2) is 6.15. The summed E-state index contributed by atoms with van der Waals surface area (Å²) in [5.41, 5.74) is 1.47. The number of nitrogens with zero attached hydrogens (tertiary/aromatic N) is 1. The molecular weight excluding hydrogens is 322 g/mol. The average molecular weight is 343 g/mol. The van der Waals surface area contributed by atoms with E-state index in [-0.39, 0.29) is 30.2 Å². The van der Waals surface area contributed by atoms with Crippen LogP contribution in [0.3, 0.4) is 0 Å². The molecule has 1 unspecified atom stereocenters. The summed E-state index contributed by atoms with van der Waals surface area (Å²) in [6.45, 7) is 4.28. The number of fused-ring (bicyclic) bond motifs is 1. The van der Waals surface area contributed by atoms with Gasteiger partial charge < -0.3 is 15.0 Å². The highest BCUT2D eigenvalue weighted by molar-refractivity contribution is 6.05. The molecule has 3 aliphatic rings. The zero-order chi connectivity index (χ0) is 17.6. The van der Waals surface area contributed by atoms with Gasteiger partial charge in [-0.15, -0.1) is 0 Å². The van der Waals surface area contributed by atoms with E-state index in [1.807, 2.05) is 12.1 Å². The Labute approximate surface area is 145 Å². The first-order valence-electron chi connectivity index (χ1n) is 8.68. The van der Waals surface area contributed by atoms with E-state index < -0.39 is 6.04 Å². The predicted molar refractivity (Wildman–Crippen MR) is 88.9 cm³/mol. The Morgan fingerprint density at radius 2 is 2.04 bits per heavy atom. The average Bonchev–Trinajstić information content (AvgIpc) is 3.12. The van der Waals surface area contributed by atoms with E-state index in [0.29, 0.717) is 24.4 Å². The summed E-state index contributed by atoms with van der Waals surface area (Å²) in [4.78, 5) is 37.6. The van der Waals surface area contributed by atoms with Crippen molar-refractivity contribution in [1.29, 1.82) is 0 Å². The molecule has 1 aromatic rings. The summed E-state index contributed by atoms with van der Waals surface area (Å²) in [6.07, 6.45) is 0.762. The third-order valence-electron chi connectivity index (χ3n) is 5.23. The maximum Gasteiger partial charge on any atom is 0.255 e. The van der Waals surface area contributed by atoms with Crippen molar-refractivity contribution in [2.45, 2.75) is 38.5 Å². The van der Waals surface area contributed by atoms with Gasteiger partial charge in [-0.05, 0) is 30.2 Å². The van der Waals surface area contributed by atoms with E-state index >= 15 is 0 Å². The van der Waals surface area contributed by atoms with Crippen LogP contribution in [0.25, 0.3) is 0 Å². The summed E-state index contributed by atoms with van der Waals surface area (Å²) >= 11 is 0. The summed E-state index contributed by atoms with van der Waals surface area (Å²) in [7, 11) is 0. The number of benzene rings is 1. The van der Waals surface area contributed by atoms with Gasteiger partial charge in [0, 0.05) is 37.5 Å². The van der Waals surface area contributed by atoms with Gasteiger partial charge in [-0.25, -0.2) is 0 Å². The van der Waals surface area contributed by atoms with Gasteiger partial charge in [0.15, 0.2) is 0 Å². The number of imide groups is 1. The molecule has 3 atom stereocenters. The lowest BCUT2D eigenvalue weighted by Gasteiger charge is -2.29. The van der Waals surface area contributed by atoms with E-state index in [1.54, 1.807) is 11.0 Å². The van der Waals surface area contributed by atoms with Gasteiger partial charge in [0.05, 0.1) is 0 Å². The van der Waals surface area contributed by atoms with Crippen molar-refractivity contribution in [3.8, 4) is 5.75 Å². The highest BCUT2D eigenvalue weighted by atomic mass is 16.5. The van der Waals surface area contributed by atoms with Gasteiger partial charge in [-0.3, -0.25) is 19.7 Å². The van der Waals surface area contributed by atoms with Crippen molar-refractivity contribution in [3.05, 3.63) is 29.3 Å². The van der Waals surface area contributed by atoms with Crippen LogP contribution in [0.4, 0.5) is 0 Å². The number of ether oxygens (including phenoxy) is 1. The third-order valence-corrected chi connectivity index (χ3v) is 5.23. The Morgan fingerprint density at radius 3 is 2.76 bits per heavy atom. The maximum absolute atomic E-state index is 12.6. The van der Waals surface area contributed by atoms with Gasteiger partial charge in [-0.1, -0.05) is 6.92 Å². The summed E-state index contributed by atoms with van der Waals surface area (Å²) in [5.74, 6) is 0.360. The smallest absolute Gasteiger partial charge is 0.255 e. The van der Waals surface area contributed by atoms with Crippen LogP contribution in [0.5, 0.6) is 5.75 Å². The lowest BCUT2D eigenvalue weighted by Crippen LogP contribution is -2.52. The first-order chi connectivity index (χ1) is 12.0. The summed E-state index contributed by atoms with van der Waals surface area (Å²) < 4.78 is 6.05. The third kappa shape index (κ3) is 2.89. The molecule has 7 nitrogen and oxygen atoms in total. The molecule has 0 spiro atoms. The molecule has 0 saturated carbocycles. The number of piperidine rings is 1. The molecule has 3 heterocycles. The highest BCUT2D eigenvalue weighted by Gasteiger charge is 2.39. The van der Waals surface area contributed by atoms with Crippen LogP contribution in [0.2, 0.25) is 0 Å².